The number of alkyl halides is 1. The van der Waals surface area contributed by atoms with E-state index >= 15 is 4.39 Å². The van der Waals surface area contributed by atoms with E-state index < -0.39 is 18.0 Å². The number of aromatic nitrogens is 1. The van der Waals surface area contributed by atoms with Crippen LogP contribution in [0.25, 0.3) is 11.1 Å². The number of carbonyl (C=O) groups is 1. The van der Waals surface area contributed by atoms with Crippen LogP contribution in [0, 0.1) is 36.4 Å². The van der Waals surface area contributed by atoms with Gasteiger partial charge in [0.1, 0.15) is 29.0 Å². The minimum Gasteiger partial charge on any atom is -0.496 e. The number of rotatable bonds is 10. The minimum atomic E-state index is -0.927. The quantitative estimate of drug-likeness (QED) is 0.177. The molecule has 52 heavy (non-hydrogen) atoms. The topological polar surface area (TPSA) is 91.0 Å². The van der Waals surface area contributed by atoms with E-state index in [0.717, 1.165) is 66.0 Å². The summed E-state index contributed by atoms with van der Waals surface area (Å²) < 4.78 is 42.5. The molecule has 0 bridgehead atoms. The third kappa shape index (κ3) is 7.93. The molecule has 0 aliphatic carbocycles. The van der Waals surface area contributed by atoms with E-state index in [1.54, 1.807) is 50.6 Å². The summed E-state index contributed by atoms with van der Waals surface area (Å²) in [6, 6.07) is 8.85. The molecule has 11 heteroatoms. The van der Waals surface area contributed by atoms with Crippen LogP contribution in [0.2, 0.25) is 0 Å². The Labute approximate surface area is 306 Å². The second kappa shape index (κ2) is 16.0. The van der Waals surface area contributed by atoms with Gasteiger partial charge in [-0.1, -0.05) is 26.0 Å². The molecule has 2 aliphatic heterocycles. The molecule has 1 saturated heterocycles. The highest BCUT2D eigenvalue weighted by molar-refractivity contribution is 5.97. The zero-order valence-corrected chi connectivity index (χ0v) is 31.7. The number of hydrogen-bond acceptors (Lipinski definition) is 7. The lowest BCUT2D eigenvalue weighted by molar-refractivity contribution is -0.129. The van der Waals surface area contributed by atoms with Gasteiger partial charge < -0.3 is 18.9 Å². The number of aryl methyl sites for hydroxylation is 1. The van der Waals surface area contributed by atoms with E-state index in [-0.39, 0.29) is 23.0 Å². The minimum absolute atomic E-state index is 0.0191. The molecule has 0 radical (unpaired) electrons. The van der Waals surface area contributed by atoms with Crippen molar-refractivity contribution in [3.63, 3.8) is 0 Å². The van der Waals surface area contributed by atoms with E-state index in [4.69, 9.17) is 9.47 Å². The average molecular weight is 716 g/mol. The Kier molecular flexibility index (Phi) is 11.9. The zero-order chi connectivity index (χ0) is 37.9. The number of amides is 1. The molecule has 3 heterocycles. The monoisotopic (exact) mass is 715 g/mol. The summed E-state index contributed by atoms with van der Waals surface area (Å²) in [6.45, 7) is 12.9. The largest absolute Gasteiger partial charge is 0.496 e. The van der Waals surface area contributed by atoms with Crippen LogP contribution < -0.4 is 15.0 Å². The van der Waals surface area contributed by atoms with Crippen molar-refractivity contribution in [2.24, 2.45) is 12.5 Å². The number of pyridine rings is 1. The maximum atomic E-state index is 15.5. The molecule has 1 aromatic heterocycles. The third-order valence-electron chi connectivity index (χ3n) is 10.7. The second-order valence-corrected chi connectivity index (χ2v) is 14.8. The molecular formula is C41H51F2N5O4. The summed E-state index contributed by atoms with van der Waals surface area (Å²) in [5.41, 5.74) is 5.85. The van der Waals surface area contributed by atoms with Crippen molar-refractivity contribution < 1.29 is 23.0 Å². The number of allylic oxidation sites excluding steroid dienone is 1. The molecule has 0 spiro atoms. The fourth-order valence-electron chi connectivity index (χ4n) is 7.49. The van der Waals surface area contributed by atoms with Gasteiger partial charge in [0.25, 0.3) is 11.5 Å². The molecule has 0 N–H and O–H groups in total. The van der Waals surface area contributed by atoms with Gasteiger partial charge in [-0.25, -0.2) is 4.39 Å². The Hall–Kier alpha value is -4.53. The summed E-state index contributed by atoms with van der Waals surface area (Å²) in [5.74, 6) is 0.738. The van der Waals surface area contributed by atoms with Crippen LogP contribution in [0.5, 0.6) is 11.5 Å². The summed E-state index contributed by atoms with van der Waals surface area (Å²) in [4.78, 5) is 32.2. The van der Waals surface area contributed by atoms with Crippen LogP contribution in [0.15, 0.2) is 46.9 Å². The maximum Gasteiger partial charge on any atom is 0.264 e. The van der Waals surface area contributed by atoms with E-state index in [1.807, 2.05) is 45.2 Å². The average Bonchev–Trinajstić information content (AvgIpc) is 3.36. The number of carbonyl (C=O) groups excluding carboxylic acids is 1. The second-order valence-electron chi connectivity index (χ2n) is 14.8. The number of hydrogen-bond donors (Lipinski definition) is 0. The van der Waals surface area contributed by atoms with Crippen molar-refractivity contribution in [2.75, 3.05) is 53.6 Å². The van der Waals surface area contributed by atoms with Gasteiger partial charge >= 0.3 is 0 Å². The molecule has 9 nitrogen and oxygen atoms in total. The maximum absolute atomic E-state index is 15.5. The van der Waals surface area contributed by atoms with E-state index in [9.17, 15) is 19.2 Å². The van der Waals surface area contributed by atoms with Gasteiger partial charge in [0.05, 0.1) is 32.5 Å². The predicted octanol–water partition coefficient (Wildman–Crippen LogP) is 6.42. The molecule has 1 fully saturated rings. The van der Waals surface area contributed by atoms with Crippen LogP contribution in [-0.4, -0.2) is 78.8 Å². The molecule has 1 atom stereocenters. The fourth-order valence-corrected chi connectivity index (χ4v) is 7.49. The third-order valence-corrected chi connectivity index (χ3v) is 10.7. The first-order chi connectivity index (χ1) is 24.7. The number of nitriles is 1. The number of nitrogens with zero attached hydrogens (tertiary/aromatic N) is 5. The summed E-state index contributed by atoms with van der Waals surface area (Å²) in [6.07, 6.45) is 4.63. The van der Waals surface area contributed by atoms with Crippen molar-refractivity contribution in [1.82, 2.24) is 19.3 Å². The van der Waals surface area contributed by atoms with Crippen LogP contribution in [0.3, 0.4) is 0 Å². The lowest BCUT2D eigenvalue weighted by Crippen LogP contribution is -2.40. The first-order valence-corrected chi connectivity index (χ1v) is 17.9. The van der Waals surface area contributed by atoms with Gasteiger partial charge in [-0.3, -0.25) is 23.8 Å². The van der Waals surface area contributed by atoms with Crippen molar-refractivity contribution in [3.05, 3.63) is 91.7 Å². The molecule has 0 saturated carbocycles. The van der Waals surface area contributed by atoms with Crippen LogP contribution in [0.4, 0.5) is 8.78 Å². The van der Waals surface area contributed by atoms with Crippen molar-refractivity contribution in [1.29, 1.82) is 5.26 Å². The normalized spacial score (nSPS) is 17.4. The van der Waals surface area contributed by atoms with Gasteiger partial charge in [0.15, 0.2) is 0 Å². The Morgan fingerprint density at radius 3 is 2.19 bits per heavy atom. The standard InChI is InChI=1S/C41H51F2N5O4/c1-26-27(2)39(49)45(6)22-33(26)29-18-37(51-7)35(38(19-29)52-8)24-47-14-9-13-46(16-17-47)23-34-32-12-15-48(28(3)31(32)10-11-36(34)43)40(50)30(21-44)20-41(4,5)25-42/h10-11,18-20,22,28H,9,12-17,23-25H2,1-8H3/b30-20-. The first-order valence-electron chi connectivity index (χ1n) is 17.9. The first kappa shape index (κ1) is 38.7. The predicted molar refractivity (Wildman–Crippen MR) is 199 cm³/mol. The summed E-state index contributed by atoms with van der Waals surface area (Å²) >= 11 is 0. The van der Waals surface area contributed by atoms with Gasteiger partial charge in [-0.15, -0.1) is 0 Å². The van der Waals surface area contributed by atoms with Crippen molar-refractivity contribution in [2.45, 2.75) is 66.6 Å². The number of fused-ring (bicyclic) bond motifs is 1. The number of ether oxygens (including phenoxy) is 2. The number of benzene rings is 2. The van der Waals surface area contributed by atoms with Gasteiger partial charge in [-0.05, 0) is 87.2 Å². The van der Waals surface area contributed by atoms with Gasteiger partial charge in [0, 0.05) is 68.1 Å². The lowest BCUT2D eigenvalue weighted by atomic mass is 9.88. The molecule has 278 valence electrons. The van der Waals surface area contributed by atoms with Crippen molar-refractivity contribution >= 4 is 5.91 Å². The Morgan fingerprint density at radius 2 is 1.62 bits per heavy atom. The highest BCUT2D eigenvalue weighted by Gasteiger charge is 2.33. The van der Waals surface area contributed by atoms with E-state index in [0.29, 0.717) is 48.7 Å². The smallest absolute Gasteiger partial charge is 0.264 e. The molecule has 5 rings (SSSR count). The van der Waals surface area contributed by atoms with Crippen LogP contribution >= 0.6 is 0 Å². The molecule has 2 aliphatic rings. The van der Waals surface area contributed by atoms with E-state index in [2.05, 4.69) is 9.80 Å². The highest BCUT2D eigenvalue weighted by Crippen LogP contribution is 2.38. The Bertz CT molecular complexity index is 1940. The van der Waals surface area contributed by atoms with Gasteiger partial charge in [-0.2, -0.15) is 5.26 Å². The lowest BCUT2D eigenvalue weighted by Gasteiger charge is -2.37. The molecule has 1 amide bonds. The fraction of sp³-hybridized carbons (Fsp3) is 0.488. The molecule has 2 aromatic carbocycles. The van der Waals surface area contributed by atoms with E-state index in [1.165, 1.54) is 12.1 Å². The van der Waals surface area contributed by atoms with Crippen molar-refractivity contribution in [3.8, 4) is 28.7 Å². The summed E-state index contributed by atoms with van der Waals surface area (Å²) in [5, 5.41) is 9.73. The molecular weight excluding hydrogens is 664 g/mol. The Balaban J connectivity index is 1.32. The van der Waals surface area contributed by atoms with Crippen LogP contribution in [-0.2, 0) is 31.4 Å². The number of halogens is 2. The van der Waals surface area contributed by atoms with Gasteiger partial charge in [0.2, 0.25) is 0 Å². The molecule has 3 aromatic rings. The summed E-state index contributed by atoms with van der Waals surface area (Å²) in [7, 11) is 5.07. The number of methoxy groups -OCH3 is 2. The SMILES string of the molecule is COc1cc(-c2cn(C)c(=O)c(C)c2C)cc(OC)c1CN1CCCN(Cc2c(F)ccc3c2CCN(C(=O)/C(C#N)=C\C(C)(C)CF)C3C)CC1. The zero-order valence-electron chi connectivity index (χ0n) is 31.7. The highest BCUT2D eigenvalue weighted by atomic mass is 19.1. The Morgan fingerprint density at radius 1 is 1.00 bits per heavy atom. The van der Waals surface area contributed by atoms with Crippen LogP contribution in [0.1, 0.15) is 66.6 Å². The molecule has 1 unspecified atom stereocenters.